The van der Waals surface area contributed by atoms with Crippen molar-refractivity contribution in [1.29, 1.82) is 0 Å². The molecule has 0 unspecified atom stereocenters. The van der Waals surface area contributed by atoms with Gasteiger partial charge in [-0.15, -0.1) is 11.3 Å². The number of hydrogen-bond donors (Lipinski definition) is 2. The van der Waals surface area contributed by atoms with Gasteiger partial charge < -0.3 is 10.1 Å². The topological polar surface area (TPSA) is 92.7 Å². The van der Waals surface area contributed by atoms with E-state index in [1.807, 2.05) is 54.6 Å². The third-order valence-electron chi connectivity index (χ3n) is 5.24. The summed E-state index contributed by atoms with van der Waals surface area (Å²) in [4.78, 5) is 34.4. The van der Waals surface area contributed by atoms with E-state index < -0.39 is 17.6 Å². The fourth-order valence-corrected chi connectivity index (χ4v) is 4.41. The van der Waals surface area contributed by atoms with Crippen molar-refractivity contribution in [2.75, 3.05) is 0 Å². The SMILES string of the molecule is CC(C)(C)OC(=O)N/C(=N\C(=O)c1cccs1)NCc1cnc(-c2ccc(Cl)cc2)c(-c2ccc(Cl)cc2)c1. The van der Waals surface area contributed by atoms with Crippen molar-refractivity contribution in [3.05, 3.63) is 98.8 Å². The van der Waals surface area contributed by atoms with Crippen molar-refractivity contribution in [3.63, 3.8) is 0 Å². The Morgan fingerprint density at radius 1 is 0.974 bits per heavy atom. The molecule has 0 aliphatic heterocycles. The first-order chi connectivity index (χ1) is 18.6. The number of carbonyl (C=O) groups is 2. The second kappa shape index (κ2) is 12.4. The van der Waals surface area contributed by atoms with Crippen LogP contribution in [0.3, 0.4) is 0 Å². The Bertz CT molecular complexity index is 1480. The molecule has 4 rings (SSSR count). The normalized spacial score (nSPS) is 11.7. The predicted octanol–water partition coefficient (Wildman–Crippen LogP) is 7.59. The van der Waals surface area contributed by atoms with Crippen LogP contribution in [0, 0.1) is 0 Å². The van der Waals surface area contributed by atoms with Crippen molar-refractivity contribution >= 4 is 52.5 Å². The van der Waals surface area contributed by atoms with E-state index in [1.165, 1.54) is 11.3 Å². The number of hydrogen-bond acceptors (Lipinski definition) is 5. The summed E-state index contributed by atoms with van der Waals surface area (Å²) in [5.41, 5.74) is 3.54. The number of ether oxygens (including phenoxy) is 1. The quantitative estimate of drug-likeness (QED) is 0.187. The van der Waals surface area contributed by atoms with Crippen LogP contribution in [0.1, 0.15) is 36.0 Å². The van der Waals surface area contributed by atoms with Crippen LogP contribution in [0.4, 0.5) is 4.79 Å². The largest absolute Gasteiger partial charge is 0.444 e. The van der Waals surface area contributed by atoms with Crippen LogP contribution in [0.15, 0.2) is 83.3 Å². The number of nitrogens with zero attached hydrogens (tertiary/aromatic N) is 2. The number of halogens is 2. The molecule has 4 aromatic rings. The van der Waals surface area contributed by atoms with Gasteiger partial charge >= 0.3 is 6.09 Å². The molecule has 39 heavy (non-hydrogen) atoms. The van der Waals surface area contributed by atoms with Crippen LogP contribution in [0.5, 0.6) is 0 Å². The molecule has 0 aliphatic carbocycles. The molecule has 10 heteroatoms. The highest BCUT2D eigenvalue weighted by atomic mass is 35.5. The van der Waals surface area contributed by atoms with E-state index in [-0.39, 0.29) is 12.5 Å². The minimum atomic E-state index is -0.731. The van der Waals surface area contributed by atoms with Crippen LogP contribution < -0.4 is 10.6 Å². The summed E-state index contributed by atoms with van der Waals surface area (Å²) in [7, 11) is 0. The van der Waals surface area contributed by atoms with Gasteiger partial charge in [0, 0.05) is 33.9 Å². The van der Waals surface area contributed by atoms with Gasteiger partial charge in [-0.25, -0.2) is 4.79 Å². The van der Waals surface area contributed by atoms with Gasteiger partial charge in [0.2, 0.25) is 5.96 Å². The monoisotopic (exact) mass is 580 g/mol. The van der Waals surface area contributed by atoms with Gasteiger partial charge in [-0.05, 0) is 73.7 Å². The van der Waals surface area contributed by atoms with Gasteiger partial charge in [0.05, 0.1) is 10.6 Å². The molecule has 2 aromatic heterocycles. The van der Waals surface area contributed by atoms with Crippen molar-refractivity contribution in [2.45, 2.75) is 32.9 Å². The lowest BCUT2D eigenvalue weighted by Gasteiger charge is -2.20. The number of amides is 2. The number of pyridine rings is 1. The van der Waals surface area contributed by atoms with Gasteiger partial charge in [0.15, 0.2) is 0 Å². The Hall–Kier alpha value is -3.72. The first-order valence-corrected chi connectivity index (χ1v) is 13.6. The molecule has 2 amide bonds. The average Bonchev–Trinajstić information content (AvgIpc) is 3.42. The van der Waals surface area contributed by atoms with Gasteiger partial charge in [-0.3, -0.25) is 15.1 Å². The Morgan fingerprint density at radius 3 is 2.21 bits per heavy atom. The zero-order valence-electron chi connectivity index (χ0n) is 21.5. The summed E-state index contributed by atoms with van der Waals surface area (Å²) < 4.78 is 5.34. The first kappa shape index (κ1) is 28.3. The van der Waals surface area contributed by atoms with Gasteiger partial charge in [-0.1, -0.05) is 53.5 Å². The Morgan fingerprint density at radius 2 is 1.62 bits per heavy atom. The van der Waals surface area contributed by atoms with E-state index in [4.69, 9.17) is 32.9 Å². The molecule has 7 nitrogen and oxygen atoms in total. The van der Waals surface area contributed by atoms with Crippen LogP contribution >= 0.6 is 34.5 Å². The Kier molecular flexibility index (Phi) is 9.01. The molecule has 0 radical (unpaired) electrons. The summed E-state index contributed by atoms with van der Waals surface area (Å²) in [5.74, 6) is -0.515. The van der Waals surface area contributed by atoms with E-state index in [2.05, 4.69) is 15.6 Å². The number of nitrogens with one attached hydrogen (secondary N) is 2. The predicted molar refractivity (Wildman–Crippen MR) is 157 cm³/mol. The molecule has 0 saturated heterocycles. The van der Waals surface area contributed by atoms with Gasteiger partial charge in [0.1, 0.15) is 5.60 Å². The Labute approximate surface area is 240 Å². The van der Waals surface area contributed by atoms with Crippen molar-refractivity contribution in [1.82, 2.24) is 15.6 Å². The van der Waals surface area contributed by atoms with Crippen LogP contribution in [0.2, 0.25) is 10.0 Å². The lowest BCUT2D eigenvalue weighted by Crippen LogP contribution is -2.43. The highest BCUT2D eigenvalue weighted by molar-refractivity contribution is 7.12. The zero-order valence-corrected chi connectivity index (χ0v) is 23.8. The van der Waals surface area contributed by atoms with E-state index in [0.717, 1.165) is 27.9 Å². The number of aliphatic imine (C=N–C) groups is 1. The fourth-order valence-electron chi connectivity index (χ4n) is 3.55. The number of alkyl carbamates (subject to hydrolysis) is 1. The molecule has 0 fully saturated rings. The lowest BCUT2D eigenvalue weighted by molar-refractivity contribution is 0.0561. The summed E-state index contributed by atoms with van der Waals surface area (Å²) >= 11 is 13.5. The standard InChI is InChI=1S/C29H26Cl2N4O3S/c1-29(2,3)38-28(37)35-27(34-26(36)24-5-4-14-39-24)33-17-18-15-23(19-6-10-21(30)11-7-19)25(32-16-18)20-8-12-22(31)13-9-20/h4-16H,17H2,1-3H3,(H2,33,34,35,36,37). The van der Waals surface area contributed by atoms with Gasteiger partial charge in [0.25, 0.3) is 5.91 Å². The number of aromatic nitrogens is 1. The molecule has 200 valence electrons. The van der Waals surface area contributed by atoms with E-state index >= 15 is 0 Å². The van der Waals surface area contributed by atoms with Gasteiger partial charge in [-0.2, -0.15) is 4.99 Å². The maximum atomic E-state index is 12.6. The highest BCUT2D eigenvalue weighted by Crippen LogP contribution is 2.32. The fraction of sp³-hybridized carbons (Fsp3) is 0.172. The average molecular weight is 582 g/mol. The molecule has 2 aromatic carbocycles. The van der Waals surface area contributed by atoms with Crippen molar-refractivity contribution in [2.24, 2.45) is 4.99 Å². The number of guanidine groups is 1. The minimum Gasteiger partial charge on any atom is -0.444 e. The summed E-state index contributed by atoms with van der Waals surface area (Å²) in [5, 5.41) is 8.63. The smallest absolute Gasteiger partial charge is 0.414 e. The van der Waals surface area contributed by atoms with E-state index in [9.17, 15) is 9.59 Å². The third kappa shape index (κ3) is 8.13. The second-order valence-corrected chi connectivity index (χ2v) is 11.3. The highest BCUT2D eigenvalue weighted by Gasteiger charge is 2.19. The summed E-state index contributed by atoms with van der Waals surface area (Å²) in [6.45, 7) is 5.47. The molecular weight excluding hydrogens is 555 g/mol. The van der Waals surface area contributed by atoms with Crippen LogP contribution in [-0.4, -0.2) is 28.5 Å². The molecule has 0 saturated carbocycles. The zero-order chi connectivity index (χ0) is 28.0. The summed E-state index contributed by atoms with van der Waals surface area (Å²) in [6.07, 6.45) is 0.994. The second-order valence-electron chi connectivity index (χ2n) is 9.48. The molecular formula is C29H26Cl2N4O3S. The Balaban J connectivity index is 1.63. The number of rotatable bonds is 5. The molecule has 0 atom stereocenters. The molecule has 0 bridgehead atoms. The maximum absolute atomic E-state index is 12.6. The molecule has 0 aliphatic rings. The van der Waals surface area contributed by atoms with Crippen LogP contribution in [0.25, 0.3) is 22.4 Å². The molecule has 0 spiro atoms. The van der Waals surface area contributed by atoms with Crippen LogP contribution in [-0.2, 0) is 11.3 Å². The summed E-state index contributed by atoms with van der Waals surface area (Å²) in [6, 6.07) is 20.3. The van der Waals surface area contributed by atoms with Crippen molar-refractivity contribution in [3.8, 4) is 22.4 Å². The van der Waals surface area contributed by atoms with E-state index in [1.54, 1.807) is 44.5 Å². The lowest BCUT2D eigenvalue weighted by atomic mass is 9.98. The third-order valence-corrected chi connectivity index (χ3v) is 6.60. The van der Waals surface area contributed by atoms with Crippen molar-refractivity contribution < 1.29 is 14.3 Å². The first-order valence-electron chi connectivity index (χ1n) is 12.0. The maximum Gasteiger partial charge on any atom is 0.414 e. The minimum absolute atomic E-state index is 0.0301. The molecule has 2 N–H and O–H groups in total. The van der Waals surface area contributed by atoms with E-state index in [0.29, 0.717) is 14.9 Å². The number of thiophene rings is 1. The number of benzene rings is 2. The molecule has 2 heterocycles. The number of carbonyl (C=O) groups excluding carboxylic acids is 2.